The molecule has 22 heavy (non-hydrogen) atoms. The summed E-state index contributed by atoms with van der Waals surface area (Å²) in [6.45, 7) is 7.45. The van der Waals surface area contributed by atoms with Crippen molar-refractivity contribution in [1.29, 1.82) is 0 Å². The monoisotopic (exact) mass is 292 g/mol. The fourth-order valence-electron chi connectivity index (χ4n) is 2.61. The Balaban J connectivity index is 1.88. The van der Waals surface area contributed by atoms with E-state index in [1.54, 1.807) is 0 Å². The quantitative estimate of drug-likeness (QED) is 0.569. The maximum Gasteiger partial charge on any atom is 0.171 e. The van der Waals surface area contributed by atoms with Crippen LogP contribution in [0.5, 0.6) is 0 Å². The van der Waals surface area contributed by atoms with Crippen LogP contribution in [0.1, 0.15) is 48.4 Å². The third-order valence-electron chi connectivity index (χ3n) is 3.69. The second-order valence-electron chi connectivity index (χ2n) is 5.98. The van der Waals surface area contributed by atoms with Gasteiger partial charge in [-0.25, -0.2) is 4.57 Å². The summed E-state index contributed by atoms with van der Waals surface area (Å²) in [5.41, 5.74) is 5.13. The molecule has 1 heteroatoms. The van der Waals surface area contributed by atoms with E-state index in [2.05, 4.69) is 79.9 Å². The Hall–Kier alpha value is -2.07. The Morgan fingerprint density at radius 1 is 1.00 bits per heavy atom. The molecule has 0 aliphatic heterocycles. The molecule has 0 saturated carbocycles. The number of unbranched alkanes of at least 4 members (excludes halogenated alkanes) is 1. The van der Waals surface area contributed by atoms with Crippen LogP contribution in [0, 0.1) is 25.7 Å². The van der Waals surface area contributed by atoms with Crippen LogP contribution < -0.4 is 4.57 Å². The zero-order valence-corrected chi connectivity index (χ0v) is 14.0. The molecular formula is C21H26N+. The first-order valence-corrected chi connectivity index (χ1v) is 8.22. The normalized spacial score (nSPS) is 10.1. The van der Waals surface area contributed by atoms with Crippen molar-refractivity contribution in [2.75, 3.05) is 0 Å². The Kier molecular flexibility index (Phi) is 6.22. The fraction of sp³-hybridized carbons (Fsp3) is 0.381. The topological polar surface area (TPSA) is 3.88 Å². The number of aryl methyl sites for hydroxylation is 4. The van der Waals surface area contributed by atoms with Crippen LogP contribution in [0.15, 0.2) is 42.7 Å². The van der Waals surface area contributed by atoms with Gasteiger partial charge in [-0.15, -0.1) is 0 Å². The predicted octanol–water partition coefficient (Wildman–Crippen LogP) is 4.38. The number of hydrogen-bond acceptors (Lipinski definition) is 0. The number of pyridine rings is 1. The molecule has 1 aromatic carbocycles. The van der Waals surface area contributed by atoms with Crippen molar-refractivity contribution < 1.29 is 4.57 Å². The molecule has 0 N–H and O–H groups in total. The maximum absolute atomic E-state index is 3.28. The summed E-state index contributed by atoms with van der Waals surface area (Å²) < 4.78 is 2.23. The Labute approximate surface area is 135 Å². The van der Waals surface area contributed by atoms with E-state index in [1.807, 2.05) is 0 Å². The van der Waals surface area contributed by atoms with E-state index < -0.39 is 0 Å². The van der Waals surface area contributed by atoms with Gasteiger partial charge in [0.2, 0.25) is 0 Å². The lowest BCUT2D eigenvalue weighted by molar-refractivity contribution is -0.696. The first-order valence-electron chi connectivity index (χ1n) is 8.22. The molecule has 0 spiro atoms. The molecule has 1 aromatic heterocycles. The first kappa shape index (κ1) is 16.3. The third-order valence-corrected chi connectivity index (χ3v) is 3.69. The van der Waals surface area contributed by atoms with Crippen LogP contribution in [0.25, 0.3) is 0 Å². The Bertz CT molecular complexity index is 636. The molecule has 0 atom stereocenters. The van der Waals surface area contributed by atoms with Crippen molar-refractivity contribution in [1.82, 2.24) is 0 Å². The first-order chi connectivity index (χ1) is 10.7. The van der Waals surface area contributed by atoms with Crippen molar-refractivity contribution in [3.05, 3.63) is 65.0 Å². The van der Waals surface area contributed by atoms with E-state index >= 15 is 0 Å². The molecule has 0 amide bonds. The van der Waals surface area contributed by atoms with Crippen molar-refractivity contribution in [2.45, 2.75) is 53.0 Å². The van der Waals surface area contributed by atoms with E-state index in [4.69, 9.17) is 0 Å². The summed E-state index contributed by atoms with van der Waals surface area (Å²) in [5.74, 6) is 6.54. The molecule has 0 unspecified atom stereocenters. The number of aromatic nitrogens is 1. The molecule has 2 rings (SSSR count). The summed E-state index contributed by atoms with van der Waals surface area (Å²) in [7, 11) is 0. The second-order valence-corrected chi connectivity index (χ2v) is 5.98. The molecule has 0 radical (unpaired) electrons. The van der Waals surface area contributed by atoms with Gasteiger partial charge >= 0.3 is 0 Å². The SMILES string of the molecule is CCCCc1ccc(C#CCC[n+]2cc(C)cc(C)c2)cc1. The van der Waals surface area contributed by atoms with Crippen molar-refractivity contribution in [3.8, 4) is 11.8 Å². The smallest absolute Gasteiger partial charge is 0.171 e. The minimum absolute atomic E-state index is 0.880. The van der Waals surface area contributed by atoms with Gasteiger partial charge in [-0.3, -0.25) is 0 Å². The molecule has 1 nitrogen and oxygen atoms in total. The van der Waals surface area contributed by atoms with E-state index in [1.165, 1.54) is 36.0 Å². The highest BCUT2D eigenvalue weighted by Crippen LogP contribution is 2.07. The highest BCUT2D eigenvalue weighted by atomic mass is 14.9. The molecule has 2 aromatic rings. The van der Waals surface area contributed by atoms with E-state index in [0.29, 0.717) is 0 Å². The Morgan fingerprint density at radius 2 is 1.68 bits per heavy atom. The molecule has 114 valence electrons. The number of rotatable bonds is 5. The van der Waals surface area contributed by atoms with Crippen molar-refractivity contribution in [2.24, 2.45) is 0 Å². The van der Waals surface area contributed by atoms with Crippen LogP contribution in [0.3, 0.4) is 0 Å². The van der Waals surface area contributed by atoms with Gasteiger partial charge in [-0.1, -0.05) is 37.3 Å². The number of benzene rings is 1. The zero-order chi connectivity index (χ0) is 15.8. The van der Waals surface area contributed by atoms with E-state index in [9.17, 15) is 0 Å². The molecule has 1 heterocycles. The molecule has 0 bridgehead atoms. The van der Waals surface area contributed by atoms with Crippen LogP contribution in [-0.4, -0.2) is 0 Å². The van der Waals surface area contributed by atoms with Gasteiger partial charge in [-0.05, 0) is 50.5 Å². The summed E-state index contributed by atoms with van der Waals surface area (Å²) in [6.07, 6.45) is 8.92. The van der Waals surface area contributed by atoms with Gasteiger partial charge < -0.3 is 0 Å². The molecule has 0 saturated heterocycles. The summed E-state index contributed by atoms with van der Waals surface area (Å²) in [6, 6.07) is 10.9. The van der Waals surface area contributed by atoms with Gasteiger partial charge in [0.1, 0.15) is 0 Å². The molecule has 0 aliphatic carbocycles. The van der Waals surface area contributed by atoms with Crippen LogP contribution in [-0.2, 0) is 13.0 Å². The third kappa shape index (κ3) is 5.37. The fourth-order valence-corrected chi connectivity index (χ4v) is 2.61. The average molecular weight is 292 g/mol. The summed E-state index contributed by atoms with van der Waals surface area (Å²) >= 11 is 0. The van der Waals surface area contributed by atoms with E-state index in [-0.39, 0.29) is 0 Å². The highest BCUT2D eigenvalue weighted by molar-refractivity contribution is 5.36. The predicted molar refractivity (Wildman–Crippen MR) is 92.7 cm³/mol. The molecule has 0 fully saturated rings. The summed E-state index contributed by atoms with van der Waals surface area (Å²) in [4.78, 5) is 0. The van der Waals surface area contributed by atoms with Crippen molar-refractivity contribution >= 4 is 0 Å². The zero-order valence-electron chi connectivity index (χ0n) is 14.0. The molecular weight excluding hydrogens is 266 g/mol. The largest absolute Gasteiger partial charge is 0.204 e. The van der Waals surface area contributed by atoms with Crippen molar-refractivity contribution in [3.63, 3.8) is 0 Å². The lowest BCUT2D eigenvalue weighted by atomic mass is 10.1. The van der Waals surface area contributed by atoms with Crippen LogP contribution >= 0.6 is 0 Å². The van der Waals surface area contributed by atoms with Gasteiger partial charge in [0.05, 0.1) is 6.42 Å². The van der Waals surface area contributed by atoms with Crippen LogP contribution in [0.4, 0.5) is 0 Å². The number of hydrogen-bond donors (Lipinski definition) is 0. The van der Waals surface area contributed by atoms with Gasteiger partial charge in [-0.2, -0.15) is 0 Å². The lowest BCUT2D eigenvalue weighted by Crippen LogP contribution is -2.33. The minimum Gasteiger partial charge on any atom is -0.204 e. The van der Waals surface area contributed by atoms with Crippen LogP contribution in [0.2, 0.25) is 0 Å². The average Bonchev–Trinajstić information content (AvgIpc) is 2.50. The number of nitrogens with zero attached hydrogens (tertiary/aromatic N) is 1. The standard InChI is InChI=1S/C21H26N/c1-4-5-8-20-10-12-21(13-11-20)9-6-7-14-22-16-18(2)15-19(3)17-22/h10-13,15-17H,4-5,7-8,14H2,1-3H3/q+1. The highest BCUT2D eigenvalue weighted by Gasteiger charge is 2.01. The van der Waals surface area contributed by atoms with Gasteiger partial charge in [0, 0.05) is 16.7 Å². The second kappa shape index (κ2) is 8.39. The summed E-state index contributed by atoms with van der Waals surface area (Å²) in [5, 5.41) is 0. The maximum atomic E-state index is 3.28. The Morgan fingerprint density at radius 3 is 2.32 bits per heavy atom. The lowest BCUT2D eigenvalue weighted by Gasteiger charge is -1.99. The minimum atomic E-state index is 0.880. The molecule has 0 aliphatic rings. The van der Waals surface area contributed by atoms with Gasteiger partial charge in [0.25, 0.3) is 0 Å². The van der Waals surface area contributed by atoms with E-state index in [0.717, 1.165) is 18.5 Å². The van der Waals surface area contributed by atoms with Gasteiger partial charge in [0.15, 0.2) is 18.9 Å².